The average Bonchev–Trinajstić information content (AvgIpc) is 3.31. The highest BCUT2D eigenvalue weighted by Crippen LogP contribution is 2.35. The number of amides is 1. The van der Waals surface area contributed by atoms with Crippen molar-refractivity contribution < 1.29 is 41.9 Å². The van der Waals surface area contributed by atoms with Crippen molar-refractivity contribution in [3.05, 3.63) is 85.4 Å². The van der Waals surface area contributed by atoms with Crippen LogP contribution in [-0.4, -0.2) is 33.1 Å². The van der Waals surface area contributed by atoms with Crippen LogP contribution < -0.4 is 10.1 Å². The van der Waals surface area contributed by atoms with Gasteiger partial charge in [-0.1, -0.05) is 29.3 Å². The van der Waals surface area contributed by atoms with E-state index >= 15 is 0 Å². The van der Waals surface area contributed by atoms with Gasteiger partial charge in [-0.25, -0.2) is 9.18 Å². The number of nitriles is 1. The summed E-state index contributed by atoms with van der Waals surface area (Å²) in [6.45, 7) is -0.232. The number of H-pyrrole nitrogens is 1. The van der Waals surface area contributed by atoms with E-state index in [9.17, 15) is 32.5 Å². The van der Waals surface area contributed by atoms with Crippen LogP contribution in [0.15, 0.2) is 42.6 Å². The summed E-state index contributed by atoms with van der Waals surface area (Å²) in [5, 5.41) is 29.5. The first-order valence-electron chi connectivity index (χ1n) is 9.49. The van der Waals surface area contributed by atoms with Crippen molar-refractivity contribution in [1.82, 2.24) is 10.3 Å². The van der Waals surface area contributed by atoms with Gasteiger partial charge in [0.05, 0.1) is 27.8 Å². The van der Waals surface area contributed by atoms with Gasteiger partial charge in [-0.15, -0.1) is 0 Å². The lowest BCUT2D eigenvalue weighted by atomic mass is 10.2. The predicted octanol–water partition coefficient (Wildman–Crippen LogP) is 5.60. The highest BCUT2D eigenvalue weighted by atomic mass is 35.5. The zero-order valence-electron chi connectivity index (χ0n) is 17.9. The second-order valence-corrected chi connectivity index (χ2v) is 7.60. The van der Waals surface area contributed by atoms with Gasteiger partial charge in [-0.05, 0) is 24.3 Å². The Kier molecular flexibility index (Phi) is 9.42. The van der Waals surface area contributed by atoms with Crippen LogP contribution in [0.1, 0.15) is 21.6 Å². The molecule has 3 N–H and O–H groups in total. The molecule has 0 saturated heterocycles. The van der Waals surface area contributed by atoms with Gasteiger partial charge in [0, 0.05) is 23.2 Å². The van der Waals surface area contributed by atoms with Crippen LogP contribution in [0.3, 0.4) is 0 Å². The number of carbonyl (C=O) groups is 2. The number of nitrogens with one attached hydrogen (secondary N) is 2. The predicted molar refractivity (Wildman–Crippen MR) is 120 cm³/mol. The Bertz CT molecular complexity index is 1390. The zero-order chi connectivity index (χ0) is 27.9. The number of rotatable bonds is 6. The quantitative estimate of drug-likeness (QED) is 0.200. The van der Waals surface area contributed by atoms with E-state index in [2.05, 4.69) is 10.3 Å². The number of hydrogen-bond acceptors (Lipinski definition) is 6. The summed E-state index contributed by atoms with van der Waals surface area (Å²) >= 11 is 12.0. The van der Waals surface area contributed by atoms with Crippen molar-refractivity contribution >= 4 is 40.8 Å². The molecule has 3 rings (SSSR count). The SMILES string of the molecule is N#Cc1cc(Cl)cc(Oc2c(Cl)ccc(CNC(=O)c3cc([N+](=O)[O-])c[nH]3)c2F)c1.O=C(O)C(F)(F)F. The Morgan fingerprint density at radius 1 is 1.22 bits per heavy atom. The molecule has 0 aliphatic carbocycles. The molecule has 2 aromatic carbocycles. The third-order valence-electron chi connectivity index (χ3n) is 4.15. The normalized spacial score (nSPS) is 10.5. The molecule has 0 saturated carbocycles. The minimum Gasteiger partial charge on any atom is -0.475 e. The van der Waals surface area contributed by atoms with Crippen LogP contribution in [0, 0.1) is 27.3 Å². The van der Waals surface area contributed by atoms with Crippen molar-refractivity contribution in [2.24, 2.45) is 0 Å². The summed E-state index contributed by atoms with van der Waals surface area (Å²) in [5.74, 6) is -4.43. The molecule has 1 amide bonds. The second kappa shape index (κ2) is 12.1. The Balaban J connectivity index is 0.000000604. The van der Waals surface area contributed by atoms with Gasteiger partial charge in [0.25, 0.3) is 11.6 Å². The van der Waals surface area contributed by atoms with E-state index in [0.29, 0.717) is 0 Å². The van der Waals surface area contributed by atoms with E-state index in [-0.39, 0.29) is 50.6 Å². The largest absolute Gasteiger partial charge is 0.490 e. The standard InChI is InChI=1S/C19H11Cl2FN4O4.C2HF3O2/c20-12-3-10(7-23)4-14(5-12)30-18-15(21)2-1-11(17(18)22)8-25-19(27)16-6-13(9-24-16)26(28)29;3-2(4,5)1(6)7/h1-6,9,24H,8H2,(H,25,27);(H,6,7). The fourth-order valence-corrected chi connectivity index (χ4v) is 2.91. The highest BCUT2D eigenvalue weighted by molar-refractivity contribution is 6.32. The topological polar surface area (TPSA) is 158 Å². The number of alkyl halides is 3. The maximum absolute atomic E-state index is 14.9. The van der Waals surface area contributed by atoms with E-state index in [1.165, 1.54) is 30.3 Å². The average molecular weight is 563 g/mol. The molecule has 1 heterocycles. The van der Waals surface area contributed by atoms with Crippen LogP contribution in [0.25, 0.3) is 0 Å². The fraction of sp³-hybridized carbons (Fsp3) is 0.0952. The number of nitro groups is 1. The summed E-state index contributed by atoms with van der Waals surface area (Å²) in [5.41, 5.74) is -0.0360. The lowest BCUT2D eigenvalue weighted by Gasteiger charge is -2.13. The Hall–Kier alpha value is -4.35. The smallest absolute Gasteiger partial charge is 0.475 e. The third kappa shape index (κ3) is 8.09. The Labute approximate surface area is 214 Å². The molecule has 194 valence electrons. The molecule has 0 radical (unpaired) electrons. The molecule has 3 aromatic rings. The monoisotopic (exact) mass is 562 g/mol. The number of hydrogen-bond donors (Lipinski definition) is 3. The molecule has 0 bridgehead atoms. The van der Waals surface area contributed by atoms with Crippen molar-refractivity contribution in [2.45, 2.75) is 12.7 Å². The molecule has 1 aromatic heterocycles. The first-order valence-corrected chi connectivity index (χ1v) is 10.2. The molecular weight excluding hydrogens is 551 g/mol. The minimum atomic E-state index is -5.08. The zero-order valence-corrected chi connectivity index (χ0v) is 19.4. The number of aliphatic carboxylic acids is 1. The summed E-state index contributed by atoms with van der Waals surface area (Å²) < 4.78 is 52.1. The van der Waals surface area contributed by atoms with Crippen LogP contribution >= 0.6 is 23.2 Å². The summed E-state index contributed by atoms with van der Waals surface area (Å²) in [4.78, 5) is 33.5. The van der Waals surface area contributed by atoms with Gasteiger partial charge in [0.2, 0.25) is 0 Å². The van der Waals surface area contributed by atoms with E-state index in [1.807, 2.05) is 6.07 Å². The highest BCUT2D eigenvalue weighted by Gasteiger charge is 2.38. The van der Waals surface area contributed by atoms with Crippen LogP contribution in [0.4, 0.5) is 23.2 Å². The number of carbonyl (C=O) groups excluding carboxylic acids is 1. The third-order valence-corrected chi connectivity index (χ3v) is 4.67. The van der Waals surface area contributed by atoms with Gasteiger partial charge >= 0.3 is 12.1 Å². The Morgan fingerprint density at radius 2 is 1.86 bits per heavy atom. The molecule has 16 heteroatoms. The second-order valence-electron chi connectivity index (χ2n) is 6.75. The number of aromatic nitrogens is 1. The van der Waals surface area contributed by atoms with Crippen molar-refractivity contribution in [1.29, 1.82) is 5.26 Å². The van der Waals surface area contributed by atoms with Crippen molar-refractivity contribution in [2.75, 3.05) is 0 Å². The van der Waals surface area contributed by atoms with Gasteiger partial charge in [0.15, 0.2) is 11.6 Å². The number of carboxylic acid groups (broad SMARTS) is 1. The molecule has 37 heavy (non-hydrogen) atoms. The molecule has 10 nitrogen and oxygen atoms in total. The number of aromatic amines is 1. The van der Waals surface area contributed by atoms with E-state index in [4.69, 9.17) is 43.1 Å². The minimum absolute atomic E-state index is 0.0268. The van der Waals surface area contributed by atoms with Crippen LogP contribution in [0.2, 0.25) is 10.0 Å². The molecule has 0 spiro atoms. The van der Waals surface area contributed by atoms with E-state index in [1.54, 1.807) is 0 Å². The molecular formula is C21H12Cl2F4N4O6. The van der Waals surface area contributed by atoms with E-state index in [0.717, 1.165) is 12.3 Å². The summed E-state index contributed by atoms with van der Waals surface area (Å²) in [6.07, 6.45) is -4.01. The van der Waals surface area contributed by atoms with Gasteiger partial charge in [-0.2, -0.15) is 18.4 Å². The first kappa shape index (κ1) is 28.9. The number of carboxylic acids is 1. The van der Waals surface area contributed by atoms with Crippen LogP contribution in [-0.2, 0) is 11.3 Å². The molecule has 0 aliphatic heterocycles. The number of benzene rings is 2. The number of nitrogens with zero attached hydrogens (tertiary/aromatic N) is 2. The van der Waals surface area contributed by atoms with E-state index < -0.39 is 28.8 Å². The lowest BCUT2D eigenvalue weighted by Crippen LogP contribution is -2.23. The maximum atomic E-state index is 14.9. The van der Waals surface area contributed by atoms with Crippen molar-refractivity contribution in [3.63, 3.8) is 0 Å². The summed E-state index contributed by atoms with van der Waals surface area (Å²) in [6, 6.07) is 9.90. The molecule has 0 unspecified atom stereocenters. The molecule has 0 aliphatic rings. The Morgan fingerprint density at radius 3 is 2.41 bits per heavy atom. The first-order chi connectivity index (χ1) is 17.2. The molecule has 0 fully saturated rings. The van der Waals surface area contributed by atoms with Gasteiger partial charge < -0.3 is 20.1 Å². The lowest BCUT2D eigenvalue weighted by molar-refractivity contribution is -0.384. The maximum Gasteiger partial charge on any atom is 0.490 e. The number of halogens is 6. The molecule has 0 atom stereocenters. The fourth-order valence-electron chi connectivity index (χ4n) is 2.50. The van der Waals surface area contributed by atoms with Crippen LogP contribution in [0.5, 0.6) is 11.5 Å². The summed E-state index contributed by atoms with van der Waals surface area (Å²) in [7, 11) is 0. The van der Waals surface area contributed by atoms with Crippen molar-refractivity contribution in [3.8, 4) is 17.6 Å². The van der Waals surface area contributed by atoms with Gasteiger partial charge in [-0.3, -0.25) is 14.9 Å². The number of ether oxygens (including phenoxy) is 1. The van der Waals surface area contributed by atoms with Gasteiger partial charge in [0.1, 0.15) is 11.4 Å².